The van der Waals surface area contributed by atoms with Crippen LogP contribution in [0.5, 0.6) is 17.2 Å². The number of pyridine rings is 4. The Hall–Kier alpha value is -12.3. The Kier molecular flexibility index (Phi) is 34.2. The number of phenols is 1. The Morgan fingerprint density at radius 2 is 0.638 bits per heavy atom. The minimum Gasteiger partial charge on any atom is -0.508 e. The molecule has 4 aliphatic heterocycles. The molecule has 0 spiro atoms. The molecule has 0 bridgehead atoms. The summed E-state index contributed by atoms with van der Waals surface area (Å²) in [5.41, 5.74) is 7.70. The number of carbonyl (C=O) groups excluding carboxylic acids is 2. The summed E-state index contributed by atoms with van der Waals surface area (Å²) in [5.74, 6) is 1.73. The average Bonchev–Trinajstić information content (AvgIpc) is 1.68. The molecule has 9 N–H and O–H groups in total. The zero-order chi connectivity index (χ0) is 89.9. The van der Waals surface area contributed by atoms with E-state index in [1.54, 1.807) is 79.0 Å². The quantitative estimate of drug-likeness (QED) is 0.0385. The Balaban J connectivity index is 0.000000143. The maximum Gasteiger partial charge on any atom is 0.335 e. The van der Waals surface area contributed by atoms with E-state index in [1.165, 1.54) is 76.1 Å². The maximum atomic E-state index is 12.9. The third-order valence-electron chi connectivity index (χ3n) is 21.9. The SMILES string of the molecule is CN1CCC(N(C)C(=O)c2ccc(Nc3nc4c(Br)cccn4n3)cc2)CC1.CN1CCC(N(C)C(=O)c2ccc(Nc3nc4c(Oc5ccccc5)cccn4n3)cc2)CC1.CNC1CCN(C)CC1.CNC1CCN(C)CC1.O=C(O)c1ccc(Nc2nc3c(Br)cccn3n2)cc1.O=C(O)c1ccc(Nc2nc3c(Br)cccn3n2)cc1.Oc1ccccc1. The zero-order valence-corrected chi connectivity index (χ0v) is 76.9. The van der Waals surface area contributed by atoms with E-state index in [4.69, 9.17) is 20.1 Å². The number of carbonyl (C=O) groups is 4. The second-order valence-electron chi connectivity index (χ2n) is 31.1. The predicted molar refractivity (Wildman–Crippen MR) is 507 cm³/mol. The zero-order valence-electron chi connectivity index (χ0n) is 72.1. The molecule has 12 heterocycles. The smallest absolute Gasteiger partial charge is 0.335 e. The van der Waals surface area contributed by atoms with Gasteiger partial charge >= 0.3 is 11.9 Å². The molecule has 0 radical (unpaired) electrons. The Morgan fingerprint density at radius 3 is 0.921 bits per heavy atom. The summed E-state index contributed by atoms with van der Waals surface area (Å²) in [6.07, 6.45) is 16.6. The molecule has 0 unspecified atom stereocenters. The van der Waals surface area contributed by atoms with Crippen LogP contribution < -0.4 is 36.6 Å². The van der Waals surface area contributed by atoms with E-state index >= 15 is 0 Å². The van der Waals surface area contributed by atoms with Crippen molar-refractivity contribution in [3.05, 3.63) is 267 Å². The summed E-state index contributed by atoms with van der Waals surface area (Å²) in [5, 5.41) is 62.8. The molecular formula is C92H107Br3N24O8. The summed E-state index contributed by atoms with van der Waals surface area (Å²) >= 11 is 10.3. The van der Waals surface area contributed by atoms with E-state index in [-0.39, 0.29) is 29.0 Å². The van der Waals surface area contributed by atoms with Gasteiger partial charge in [0.25, 0.3) is 11.8 Å². The lowest BCUT2D eigenvalue weighted by molar-refractivity contribution is 0.0652. The van der Waals surface area contributed by atoms with Crippen LogP contribution in [0.4, 0.5) is 46.5 Å². The highest BCUT2D eigenvalue weighted by Gasteiger charge is 2.27. The van der Waals surface area contributed by atoms with E-state index in [0.717, 1.165) is 112 Å². The number of hydrogen-bond donors (Lipinski definition) is 9. The fourth-order valence-corrected chi connectivity index (χ4v) is 15.5. The number of phenolic OH excluding ortho intramolecular Hbond substituents is 1. The van der Waals surface area contributed by atoms with Crippen LogP contribution in [-0.4, -0.2) is 260 Å². The van der Waals surface area contributed by atoms with Gasteiger partial charge in [0.2, 0.25) is 23.8 Å². The normalized spacial score (nSPS) is 14.7. The summed E-state index contributed by atoms with van der Waals surface area (Å²) in [4.78, 5) is 78.2. The van der Waals surface area contributed by atoms with Crippen molar-refractivity contribution in [2.75, 3.05) is 130 Å². The molecule has 0 atom stereocenters. The van der Waals surface area contributed by atoms with Gasteiger partial charge in [0, 0.05) is 96.9 Å². The third-order valence-corrected chi connectivity index (χ3v) is 23.8. The van der Waals surface area contributed by atoms with Crippen molar-refractivity contribution in [2.45, 2.75) is 75.5 Å². The number of carboxylic acid groups (broad SMARTS) is 2. The average molecular weight is 1920 g/mol. The van der Waals surface area contributed by atoms with Gasteiger partial charge in [-0.3, -0.25) is 9.59 Å². The molecule has 0 saturated carbocycles. The second-order valence-corrected chi connectivity index (χ2v) is 33.6. The molecule has 14 aromatic rings. The van der Waals surface area contributed by atoms with Gasteiger partial charge in [-0.05, 0) is 364 Å². The number of fused-ring (bicyclic) bond motifs is 4. The van der Waals surface area contributed by atoms with Crippen LogP contribution in [0.15, 0.2) is 244 Å². The van der Waals surface area contributed by atoms with E-state index in [0.29, 0.717) is 69.4 Å². The van der Waals surface area contributed by atoms with Crippen LogP contribution in [0.2, 0.25) is 0 Å². The number of carboxylic acids is 2. The number of para-hydroxylation sites is 2. The molecule has 4 saturated heterocycles. The second kappa shape index (κ2) is 46.2. The number of nitrogens with one attached hydrogen (secondary N) is 6. The molecule has 8 aromatic heterocycles. The highest BCUT2D eigenvalue weighted by atomic mass is 79.9. The van der Waals surface area contributed by atoms with Gasteiger partial charge < -0.3 is 81.4 Å². The molecule has 35 heteroatoms. The number of piperidine rings is 4. The van der Waals surface area contributed by atoms with Crippen LogP contribution >= 0.6 is 47.8 Å². The number of halogens is 3. The van der Waals surface area contributed by atoms with E-state index in [1.807, 2.05) is 170 Å². The van der Waals surface area contributed by atoms with Gasteiger partial charge in [0.1, 0.15) is 11.5 Å². The number of rotatable bonds is 18. The molecular weight excluding hydrogens is 1810 g/mol. The van der Waals surface area contributed by atoms with Crippen molar-refractivity contribution in [1.82, 2.24) is 98.4 Å². The lowest BCUT2D eigenvalue weighted by Crippen LogP contribution is -2.44. The molecule has 32 nitrogen and oxygen atoms in total. The first-order valence-electron chi connectivity index (χ1n) is 41.8. The number of ether oxygens (including phenoxy) is 1. The standard InChI is InChI=1S/C26H28N6O2.C20H23BrN6O.2C13H9BrN4O2.2C7H16N2.C6H6O/c1-30-17-14-21(15-18-30)31(2)25(33)19-10-12-20(13-11-19)27-26-28-24-23(9-6-16-32(24)29-26)34-22-7-4-3-5-8-22;1-25-12-9-16(10-13-25)26(2)19(28)14-5-7-15(8-6-14)22-20-23-18-17(21)4-3-11-27(18)24-20;2*14-10-2-1-7-18-11(10)16-13(17-18)15-9-5-3-8(4-6-9)12(19)20;2*1-8-7-3-5-9(2)6-4-7;7-6-4-2-1-3-5-6/h3-13,16,21H,14-15,17-18H2,1-2H3,(H,27,29);3-8,11,16H,9-10,12-13H2,1-2H3,(H,22,24);2*1-7H,(H,15,17)(H,19,20);2*7-8H,3-6H2,1-2H3;1-5,7H. The number of hydrogen-bond acceptors (Lipinski definition) is 24. The number of aromatic carboxylic acids is 2. The van der Waals surface area contributed by atoms with Gasteiger partial charge in [-0.2, -0.15) is 19.9 Å². The molecule has 6 aromatic carbocycles. The minimum atomic E-state index is -0.952. The molecule has 4 aliphatic rings. The van der Waals surface area contributed by atoms with Crippen LogP contribution in [0.1, 0.15) is 92.8 Å². The fourth-order valence-electron chi connectivity index (χ4n) is 14.2. The predicted octanol–water partition coefficient (Wildman–Crippen LogP) is 15.7. The third kappa shape index (κ3) is 27.4. The largest absolute Gasteiger partial charge is 0.508 e. The summed E-state index contributed by atoms with van der Waals surface area (Å²) in [6, 6.07) is 63.2. The van der Waals surface area contributed by atoms with Crippen molar-refractivity contribution in [3.8, 4) is 17.2 Å². The first kappa shape index (κ1) is 93.8. The van der Waals surface area contributed by atoms with Gasteiger partial charge in [-0.15, -0.1) is 20.4 Å². The number of benzene rings is 6. The van der Waals surface area contributed by atoms with Crippen molar-refractivity contribution in [3.63, 3.8) is 0 Å². The van der Waals surface area contributed by atoms with Gasteiger partial charge in [0.15, 0.2) is 28.3 Å². The van der Waals surface area contributed by atoms with Crippen LogP contribution in [0, 0.1) is 0 Å². The Labute approximate surface area is 762 Å². The van der Waals surface area contributed by atoms with Crippen LogP contribution in [0.3, 0.4) is 0 Å². The number of aromatic hydroxyl groups is 1. The fraction of sp³-hybridized carbons (Fsp3) is 0.304. The number of likely N-dealkylation sites (tertiary alicyclic amines) is 4. The minimum absolute atomic E-state index is 0.0506. The van der Waals surface area contributed by atoms with Gasteiger partial charge in [-0.25, -0.2) is 27.7 Å². The summed E-state index contributed by atoms with van der Waals surface area (Å²) in [6.45, 7) is 9.14. The highest BCUT2D eigenvalue weighted by molar-refractivity contribution is 9.11. The summed E-state index contributed by atoms with van der Waals surface area (Å²) < 4.78 is 15.2. The first-order valence-corrected chi connectivity index (χ1v) is 44.2. The van der Waals surface area contributed by atoms with Crippen LogP contribution in [0.25, 0.3) is 22.6 Å². The highest BCUT2D eigenvalue weighted by Crippen LogP contribution is 2.30. The molecule has 127 heavy (non-hydrogen) atoms. The van der Waals surface area contributed by atoms with Gasteiger partial charge in [-0.1, -0.05) is 36.4 Å². The van der Waals surface area contributed by atoms with E-state index in [9.17, 15) is 19.2 Å². The van der Waals surface area contributed by atoms with Crippen LogP contribution in [-0.2, 0) is 0 Å². The number of anilines is 8. The molecule has 18 rings (SSSR count). The first-order chi connectivity index (χ1) is 61.4. The lowest BCUT2D eigenvalue weighted by Gasteiger charge is -2.35. The Bertz CT molecular complexity index is 5690. The van der Waals surface area contributed by atoms with Crippen molar-refractivity contribution >= 4 is 141 Å². The maximum absolute atomic E-state index is 12.9. The molecule has 4 fully saturated rings. The molecule has 2 amide bonds. The lowest BCUT2D eigenvalue weighted by atomic mass is 10.0. The van der Waals surface area contributed by atoms with E-state index in [2.05, 4.69) is 182 Å². The number of nitrogens with zero attached hydrogens (tertiary/aromatic N) is 18. The van der Waals surface area contributed by atoms with Crippen molar-refractivity contribution in [1.29, 1.82) is 0 Å². The van der Waals surface area contributed by atoms with Crippen molar-refractivity contribution in [2.24, 2.45) is 0 Å². The van der Waals surface area contributed by atoms with Crippen molar-refractivity contribution < 1.29 is 39.2 Å². The molecule has 664 valence electrons. The number of aromatic nitrogens is 12. The van der Waals surface area contributed by atoms with Gasteiger partial charge in [0.05, 0.1) is 24.5 Å². The monoisotopic (exact) mass is 1910 g/mol. The Morgan fingerprint density at radius 1 is 0.362 bits per heavy atom. The van der Waals surface area contributed by atoms with E-state index < -0.39 is 11.9 Å². The topological polar surface area (TPSA) is 351 Å². The number of amides is 2. The molecule has 0 aliphatic carbocycles. The summed E-state index contributed by atoms with van der Waals surface area (Å²) in [7, 11) is 16.5.